The molecular weight excluding hydrogens is 306 g/mol. The maximum atomic E-state index is 12.1. The molecule has 0 fully saturated rings. The molecule has 0 saturated carbocycles. The first kappa shape index (κ1) is 20.7. The highest BCUT2D eigenvalue weighted by atomic mass is 16.8. The van der Waals surface area contributed by atoms with Gasteiger partial charge in [-0.2, -0.15) is 0 Å². The first-order chi connectivity index (χ1) is 10.5. The quantitative estimate of drug-likeness (QED) is 0.445. The number of hydrogen-bond donors (Lipinski definition) is 2. The zero-order valence-corrected chi connectivity index (χ0v) is 14.3. The van der Waals surface area contributed by atoms with Crippen LogP contribution in [0.1, 0.15) is 34.6 Å². The number of carboxylic acid groups (broad SMARTS) is 1. The molecular formula is C14H25N3O6. The van der Waals surface area contributed by atoms with Crippen LogP contribution in [-0.4, -0.2) is 58.8 Å². The van der Waals surface area contributed by atoms with Gasteiger partial charge in [-0.25, -0.2) is 14.4 Å². The van der Waals surface area contributed by atoms with Crippen LogP contribution in [0.3, 0.4) is 0 Å². The molecule has 1 unspecified atom stereocenters. The average molecular weight is 331 g/mol. The van der Waals surface area contributed by atoms with Crippen LogP contribution in [0.2, 0.25) is 0 Å². The molecule has 0 aromatic rings. The van der Waals surface area contributed by atoms with Gasteiger partial charge in [-0.1, -0.05) is 32.8 Å². The summed E-state index contributed by atoms with van der Waals surface area (Å²) < 4.78 is 4.95. The number of guanidine groups is 1. The van der Waals surface area contributed by atoms with Crippen molar-refractivity contribution in [3.05, 3.63) is 0 Å². The van der Waals surface area contributed by atoms with E-state index < -0.39 is 36.0 Å². The fraction of sp³-hybridized carbons (Fsp3) is 0.714. The van der Waals surface area contributed by atoms with E-state index in [1.54, 1.807) is 13.8 Å². The highest BCUT2D eigenvalue weighted by molar-refractivity contribution is 5.94. The maximum Gasteiger partial charge on any atom is 0.451 e. The summed E-state index contributed by atoms with van der Waals surface area (Å²) in [6, 6.07) is -1.10. The Hall–Kier alpha value is -2.32. The van der Waals surface area contributed by atoms with E-state index in [9.17, 15) is 14.4 Å². The summed E-state index contributed by atoms with van der Waals surface area (Å²) in [6.45, 7) is 8.17. The zero-order valence-electron chi connectivity index (χ0n) is 14.3. The van der Waals surface area contributed by atoms with E-state index in [2.05, 4.69) is 0 Å². The molecule has 9 nitrogen and oxygen atoms in total. The number of ether oxygens (including phenoxy) is 1. The van der Waals surface area contributed by atoms with Crippen LogP contribution in [-0.2, 0) is 19.2 Å². The maximum absolute atomic E-state index is 12.1. The second kappa shape index (κ2) is 8.96. The fourth-order valence-electron chi connectivity index (χ4n) is 1.15. The molecule has 1 atom stereocenters. The minimum absolute atomic E-state index is 0.0476. The number of rotatable bonds is 5. The van der Waals surface area contributed by atoms with Crippen LogP contribution in [0.4, 0.5) is 4.79 Å². The van der Waals surface area contributed by atoms with Crippen LogP contribution in [0, 0.1) is 17.2 Å². The molecule has 23 heavy (non-hydrogen) atoms. The van der Waals surface area contributed by atoms with E-state index in [1.165, 1.54) is 14.0 Å². The molecule has 0 aliphatic heterocycles. The highest BCUT2D eigenvalue weighted by Gasteiger charge is 2.32. The second-order valence-electron chi connectivity index (χ2n) is 5.78. The van der Waals surface area contributed by atoms with Crippen molar-refractivity contribution in [2.75, 3.05) is 13.7 Å². The molecule has 0 aromatic heterocycles. The third-order valence-electron chi connectivity index (χ3n) is 2.82. The van der Waals surface area contributed by atoms with E-state index in [0.717, 1.165) is 4.90 Å². The number of likely N-dealkylation sites (N-methyl/N-ethyl adjacent to an activating group) is 1. The molecule has 0 heterocycles. The van der Waals surface area contributed by atoms with Crippen LogP contribution in [0.5, 0.6) is 0 Å². The summed E-state index contributed by atoms with van der Waals surface area (Å²) in [5, 5.41) is 17.3. The Bertz CT molecular complexity index is 463. The lowest BCUT2D eigenvalue weighted by Crippen LogP contribution is -2.51. The number of amides is 1. The molecule has 0 radical (unpaired) electrons. The van der Waals surface area contributed by atoms with E-state index in [0.29, 0.717) is 5.06 Å². The predicted molar refractivity (Wildman–Crippen MR) is 81.5 cm³/mol. The summed E-state index contributed by atoms with van der Waals surface area (Å²) in [4.78, 5) is 40.6. The smallest absolute Gasteiger partial charge is 0.451 e. The number of carbonyl (C=O) groups excluding carboxylic acids is 2. The Morgan fingerprint density at radius 3 is 2.04 bits per heavy atom. The van der Waals surface area contributed by atoms with Gasteiger partial charge in [0.25, 0.3) is 0 Å². The molecule has 0 aliphatic rings. The molecule has 9 heteroatoms. The molecule has 0 spiro atoms. The topological polar surface area (TPSA) is 120 Å². The monoisotopic (exact) mass is 331 g/mol. The van der Waals surface area contributed by atoms with Crippen LogP contribution in [0.15, 0.2) is 0 Å². The van der Waals surface area contributed by atoms with Crippen molar-refractivity contribution < 1.29 is 29.1 Å². The first-order valence-corrected chi connectivity index (χ1v) is 7.21. The van der Waals surface area contributed by atoms with Crippen LogP contribution < -0.4 is 0 Å². The van der Waals surface area contributed by atoms with Crippen molar-refractivity contribution in [2.24, 2.45) is 11.8 Å². The van der Waals surface area contributed by atoms with Crippen LogP contribution >= 0.6 is 0 Å². The van der Waals surface area contributed by atoms with Crippen molar-refractivity contribution in [1.29, 1.82) is 5.41 Å². The number of aliphatic carboxylic acids is 1. The number of carboxylic acids is 1. The minimum Gasteiger partial charge on any atom is -0.480 e. The third-order valence-corrected chi connectivity index (χ3v) is 2.82. The van der Waals surface area contributed by atoms with Gasteiger partial charge in [-0.3, -0.25) is 5.41 Å². The van der Waals surface area contributed by atoms with Crippen molar-refractivity contribution >= 4 is 24.0 Å². The molecule has 0 aliphatic carbocycles. The van der Waals surface area contributed by atoms with Crippen LogP contribution in [0.25, 0.3) is 0 Å². The standard InChI is InChI=1S/C14H25N3O6/c1-8(2)7-22-14(21)17(23-12(20)9(3)4)13(15)16(6)10(5)11(18)19/h8-10,15H,7H2,1-6H3,(H,18,19). The molecule has 0 bridgehead atoms. The van der Waals surface area contributed by atoms with E-state index in [4.69, 9.17) is 20.1 Å². The van der Waals surface area contributed by atoms with Gasteiger partial charge in [0.05, 0.1) is 12.5 Å². The Labute approximate surface area is 135 Å². The molecule has 1 amide bonds. The summed E-state index contributed by atoms with van der Waals surface area (Å²) in [7, 11) is 1.30. The lowest BCUT2D eigenvalue weighted by molar-refractivity contribution is -0.173. The van der Waals surface area contributed by atoms with Gasteiger partial charge in [0.15, 0.2) is 0 Å². The molecule has 0 saturated heterocycles. The normalized spacial score (nSPS) is 11.8. The molecule has 0 aromatic carbocycles. The molecule has 0 rings (SSSR count). The number of hydrogen-bond acceptors (Lipinski definition) is 6. The largest absolute Gasteiger partial charge is 0.480 e. The lowest BCUT2D eigenvalue weighted by atomic mass is 10.2. The Morgan fingerprint density at radius 2 is 1.65 bits per heavy atom. The number of nitrogens with one attached hydrogen (secondary N) is 1. The lowest BCUT2D eigenvalue weighted by Gasteiger charge is -2.29. The minimum atomic E-state index is -1.19. The van der Waals surface area contributed by atoms with Gasteiger partial charge in [-0.05, 0) is 12.8 Å². The average Bonchev–Trinajstić information content (AvgIpc) is 2.47. The number of hydroxylamine groups is 2. The number of carbonyl (C=O) groups is 3. The molecule has 132 valence electrons. The van der Waals surface area contributed by atoms with Crippen molar-refractivity contribution in [2.45, 2.75) is 40.7 Å². The Balaban J connectivity index is 5.24. The van der Waals surface area contributed by atoms with Crippen molar-refractivity contribution in [1.82, 2.24) is 9.96 Å². The highest BCUT2D eigenvalue weighted by Crippen LogP contribution is 2.09. The summed E-state index contributed by atoms with van der Waals surface area (Å²) in [5.74, 6) is -3.03. The van der Waals surface area contributed by atoms with Gasteiger partial charge >= 0.3 is 18.0 Å². The Morgan fingerprint density at radius 1 is 1.13 bits per heavy atom. The van der Waals surface area contributed by atoms with Crippen molar-refractivity contribution in [3.63, 3.8) is 0 Å². The zero-order chi connectivity index (χ0) is 18.3. The summed E-state index contributed by atoms with van der Waals surface area (Å²) >= 11 is 0. The first-order valence-electron chi connectivity index (χ1n) is 7.21. The van der Waals surface area contributed by atoms with E-state index >= 15 is 0 Å². The molecule has 2 N–H and O–H groups in total. The third kappa shape index (κ3) is 6.54. The SMILES string of the molecule is CC(C)COC(=O)N(OC(=O)C(C)C)C(=N)N(C)C(C)C(=O)O. The van der Waals surface area contributed by atoms with Gasteiger partial charge in [0.1, 0.15) is 6.04 Å². The van der Waals surface area contributed by atoms with E-state index in [-0.39, 0.29) is 12.5 Å². The van der Waals surface area contributed by atoms with Gasteiger partial charge < -0.3 is 19.6 Å². The van der Waals surface area contributed by atoms with Gasteiger partial charge in [0, 0.05) is 7.05 Å². The fourth-order valence-corrected chi connectivity index (χ4v) is 1.15. The van der Waals surface area contributed by atoms with Gasteiger partial charge in [0.2, 0.25) is 5.96 Å². The predicted octanol–water partition coefficient (Wildman–Crippen LogP) is 1.53. The second-order valence-corrected chi connectivity index (χ2v) is 5.78. The number of nitrogens with zero attached hydrogens (tertiary/aromatic N) is 2. The van der Waals surface area contributed by atoms with Gasteiger partial charge in [-0.15, -0.1) is 0 Å². The van der Waals surface area contributed by atoms with Crippen molar-refractivity contribution in [3.8, 4) is 0 Å². The Kier molecular flexibility index (Phi) is 8.06. The summed E-state index contributed by atoms with van der Waals surface area (Å²) in [5.41, 5.74) is 0. The summed E-state index contributed by atoms with van der Waals surface area (Å²) in [6.07, 6.45) is -1.05. The van der Waals surface area contributed by atoms with E-state index in [1.807, 2.05) is 13.8 Å².